The molecule has 2 saturated heterocycles. The molecule has 27 heavy (non-hydrogen) atoms. The summed E-state index contributed by atoms with van der Waals surface area (Å²) in [6, 6.07) is 4.65. The third kappa shape index (κ3) is 5.41. The van der Waals surface area contributed by atoms with Crippen molar-refractivity contribution in [2.75, 3.05) is 59.5 Å². The average Bonchev–Trinajstić information content (AvgIpc) is 2.64. The van der Waals surface area contributed by atoms with E-state index in [0.717, 1.165) is 26.2 Å². The molecule has 152 valence electrons. The van der Waals surface area contributed by atoms with Crippen LogP contribution in [0.1, 0.15) is 10.4 Å². The number of sulfonamides is 1. The van der Waals surface area contributed by atoms with Crippen molar-refractivity contribution < 1.29 is 30.4 Å². The van der Waals surface area contributed by atoms with E-state index in [1.54, 1.807) is 12.1 Å². The predicted molar refractivity (Wildman–Crippen MR) is 100 cm³/mol. The van der Waals surface area contributed by atoms with E-state index < -0.39 is 10.0 Å². The number of hydrogen-bond acceptors (Lipinski definition) is 6. The first kappa shape index (κ1) is 22.5. The zero-order valence-corrected chi connectivity index (χ0v) is 18.2. The molecule has 3 rings (SSSR count). The Morgan fingerprint density at radius 2 is 1.74 bits per heavy atom. The number of benzene rings is 1. The zero-order valence-electron chi connectivity index (χ0n) is 15.0. The number of likely N-dealkylation sites (N-methyl/N-ethyl adjacent to an activating group) is 1. The van der Waals surface area contributed by atoms with Crippen molar-refractivity contribution in [1.82, 2.24) is 19.6 Å². The second kappa shape index (κ2) is 9.64. The molecule has 0 saturated carbocycles. The Morgan fingerprint density at radius 1 is 1.11 bits per heavy atom. The molecule has 1 amide bonds. The highest BCUT2D eigenvalue weighted by molar-refractivity contribution is 9.10. The van der Waals surface area contributed by atoms with Crippen LogP contribution in [0, 0.1) is 0 Å². The number of hydrogen-bond donors (Lipinski definition) is 1. The Bertz CT molecular complexity index is 766. The van der Waals surface area contributed by atoms with Gasteiger partial charge in [-0.2, -0.15) is 4.31 Å². The highest BCUT2D eigenvalue weighted by Gasteiger charge is 2.29. The van der Waals surface area contributed by atoms with Crippen molar-refractivity contribution in [2.45, 2.75) is 4.90 Å². The maximum atomic E-state index is 12.9. The SMILES string of the molecule is CN1CCN(NC(=O)c2ccc(Br)c(S(=O)(=O)N3CCOCC3)c2)CC1.[Cl-]. The van der Waals surface area contributed by atoms with Crippen LogP contribution >= 0.6 is 15.9 Å². The van der Waals surface area contributed by atoms with Crippen LogP contribution in [0.4, 0.5) is 0 Å². The quantitative estimate of drug-likeness (QED) is 0.506. The van der Waals surface area contributed by atoms with Gasteiger partial charge in [0, 0.05) is 49.3 Å². The Morgan fingerprint density at radius 3 is 2.37 bits per heavy atom. The molecule has 2 heterocycles. The van der Waals surface area contributed by atoms with Crippen molar-refractivity contribution >= 4 is 31.9 Å². The molecule has 0 spiro atoms. The summed E-state index contributed by atoms with van der Waals surface area (Å²) in [7, 11) is -1.64. The van der Waals surface area contributed by atoms with Crippen LogP contribution in [-0.2, 0) is 14.8 Å². The van der Waals surface area contributed by atoms with Crippen LogP contribution in [0.15, 0.2) is 27.6 Å². The molecule has 0 aliphatic carbocycles. The summed E-state index contributed by atoms with van der Waals surface area (Å²) in [5, 5.41) is 1.86. The summed E-state index contributed by atoms with van der Waals surface area (Å²) in [6.07, 6.45) is 0. The summed E-state index contributed by atoms with van der Waals surface area (Å²) in [4.78, 5) is 14.8. The van der Waals surface area contributed by atoms with E-state index in [9.17, 15) is 13.2 Å². The van der Waals surface area contributed by atoms with Gasteiger partial charge in [-0.1, -0.05) is 0 Å². The van der Waals surface area contributed by atoms with Crippen molar-refractivity contribution in [3.05, 3.63) is 28.2 Å². The fourth-order valence-electron chi connectivity index (χ4n) is 2.89. The van der Waals surface area contributed by atoms with Gasteiger partial charge in [-0.15, -0.1) is 0 Å². The number of ether oxygens (including phenoxy) is 1. The lowest BCUT2D eigenvalue weighted by atomic mass is 10.2. The van der Waals surface area contributed by atoms with Gasteiger partial charge >= 0.3 is 0 Å². The first-order chi connectivity index (χ1) is 12.4. The van der Waals surface area contributed by atoms with Crippen molar-refractivity contribution in [3.63, 3.8) is 0 Å². The average molecular weight is 483 g/mol. The maximum absolute atomic E-state index is 12.9. The molecule has 1 N–H and O–H groups in total. The van der Waals surface area contributed by atoms with Crippen molar-refractivity contribution in [1.29, 1.82) is 0 Å². The molecule has 11 heteroatoms. The molecule has 2 aliphatic heterocycles. The molecular formula is C16H23BrClN4O4S-. The minimum atomic E-state index is -3.68. The number of halogens is 2. The standard InChI is InChI=1S/C16H23BrN4O4S.ClH/c1-19-4-6-20(7-5-19)18-16(22)13-2-3-14(17)15(12-13)26(23,24)21-8-10-25-11-9-21;/h2-3,12H,4-11H2,1H3,(H,18,22);1H/p-1. The molecule has 2 fully saturated rings. The second-order valence-electron chi connectivity index (χ2n) is 6.39. The van der Waals surface area contributed by atoms with Crippen LogP contribution in [0.2, 0.25) is 0 Å². The van der Waals surface area contributed by atoms with Gasteiger partial charge in [-0.3, -0.25) is 10.2 Å². The Hall–Kier alpha value is -0.750. The van der Waals surface area contributed by atoms with Gasteiger partial charge in [0.05, 0.1) is 18.1 Å². The molecule has 1 aromatic rings. The van der Waals surface area contributed by atoms with Gasteiger partial charge in [0.2, 0.25) is 10.0 Å². The van der Waals surface area contributed by atoms with Gasteiger partial charge in [0.15, 0.2) is 0 Å². The van der Waals surface area contributed by atoms with E-state index >= 15 is 0 Å². The van der Waals surface area contributed by atoms with Gasteiger partial charge in [0.25, 0.3) is 5.91 Å². The maximum Gasteiger partial charge on any atom is 0.265 e. The third-order valence-electron chi connectivity index (χ3n) is 4.54. The Labute approximate surface area is 174 Å². The summed E-state index contributed by atoms with van der Waals surface area (Å²) in [5.41, 5.74) is 3.18. The van der Waals surface area contributed by atoms with Crippen molar-refractivity contribution in [2.24, 2.45) is 0 Å². The monoisotopic (exact) mass is 481 g/mol. The molecular weight excluding hydrogens is 460 g/mol. The largest absolute Gasteiger partial charge is 1.00 e. The minimum absolute atomic E-state index is 0. The number of carbonyl (C=O) groups is 1. The fourth-order valence-corrected chi connectivity index (χ4v) is 5.25. The van der Waals surface area contributed by atoms with Gasteiger partial charge in [-0.25, -0.2) is 13.4 Å². The van der Waals surface area contributed by atoms with E-state index in [1.165, 1.54) is 10.4 Å². The Kier molecular flexibility index (Phi) is 8.05. The van der Waals surface area contributed by atoms with Crippen molar-refractivity contribution in [3.8, 4) is 0 Å². The number of nitrogens with zero attached hydrogens (tertiary/aromatic N) is 3. The van der Waals surface area contributed by atoms with Gasteiger partial charge < -0.3 is 22.0 Å². The number of hydrazine groups is 1. The number of rotatable bonds is 4. The number of nitrogens with one attached hydrogen (secondary N) is 1. The smallest absolute Gasteiger partial charge is 0.265 e. The highest BCUT2D eigenvalue weighted by atomic mass is 79.9. The van der Waals surface area contributed by atoms with Gasteiger partial charge in [-0.05, 0) is 41.2 Å². The van der Waals surface area contributed by atoms with Gasteiger partial charge in [0.1, 0.15) is 0 Å². The highest BCUT2D eigenvalue weighted by Crippen LogP contribution is 2.27. The Balaban J connectivity index is 0.00000261. The predicted octanol–water partition coefficient (Wildman–Crippen LogP) is -2.63. The summed E-state index contributed by atoms with van der Waals surface area (Å²) >= 11 is 3.30. The third-order valence-corrected chi connectivity index (χ3v) is 7.44. The van der Waals surface area contributed by atoms with Crippen LogP contribution < -0.4 is 17.8 Å². The minimum Gasteiger partial charge on any atom is -1.00 e. The summed E-state index contributed by atoms with van der Waals surface area (Å²) in [6.45, 7) is 4.59. The summed E-state index contributed by atoms with van der Waals surface area (Å²) < 4.78 is 32.9. The number of piperazine rings is 1. The molecule has 0 bridgehead atoms. The zero-order chi connectivity index (χ0) is 18.7. The number of morpholine rings is 1. The molecule has 8 nitrogen and oxygen atoms in total. The van der Waals surface area contributed by atoms with E-state index in [4.69, 9.17) is 4.74 Å². The van der Waals surface area contributed by atoms with Crippen LogP contribution in [-0.4, -0.2) is 88.1 Å². The molecule has 0 aromatic heterocycles. The van der Waals surface area contributed by atoms with E-state index in [-0.39, 0.29) is 23.2 Å². The van der Waals surface area contributed by atoms with E-state index in [0.29, 0.717) is 36.3 Å². The van der Waals surface area contributed by atoms with Crippen LogP contribution in [0.5, 0.6) is 0 Å². The molecule has 1 aromatic carbocycles. The molecule has 0 unspecified atom stereocenters. The fraction of sp³-hybridized carbons (Fsp3) is 0.562. The van der Waals surface area contributed by atoms with Crippen LogP contribution in [0.3, 0.4) is 0 Å². The number of carbonyl (C=O) groups excluding carboxylic acids is 1. The molecule has 0 atom stereocenters. The second-order valence-corrected chi connectivity index (χ2v) is 9.15. The topological polar surface area (TPSA) is 82.2 Å². The lowest BCUT2D eigenvalue weighted by molar-refractivity contribution is -0.0000181. The van der Waals surface area contributed by atoms with E-state index in [2.05, 4.69) is 26.3 Å². The summed E-state index contributed by atoms with van der Waals surface area (Å²) in [5.74, 6) is -0.305. The normalized spacial score (nSPS) is 20.1. The first-order valence-corrected chi connectivity index (χ1v) is 10.7. The number of amides is 1. The molecule has 2 aliphatic rings. The molecule has 0 radical (unpaired) electrons. The van der Waals surface area contributed by atoms with E-state index in [1.807, 2.05) is 12.1 Å². The first-order valence-electron chi connectivity index (χ1n) is 8.50. The van der Waals surface area contributed by atoms with Crippen LogP contribution in [0.25, 0.3) is 0 Å². The lowest BCUT2D eigenvalue weighted by Crippen LogP contribution is -3.00. The lowest BCUT2D eigenvalue weighted by Gasteiger charge is -2.32.